The summed E-state index contributed by atoms with van der Waals surface area (Å²) in [6.45, 7) is 1.53. The Balaban J connectivity index is 2.37. The lowest BCUT2D eigenvalue weighted by Gasteiger charge is -2.18. The minimum Gasteiger partial charge on any atom is -0.496 e. The van der Waals surface area contributed by atoms with E-state index in [0.29, 0.717) is 0 Å². The summed E-state index contributed by atoms with van der Waals surface area (Å²) in [5, 5.41) is 2.84. The number of carbonyl (C=O) groups is 1. The Morgan fingerprint density at radius 2 is 2.19 bits per heavy atom. The van der Waals surface area contributed by atoms with E-state index in [0.717, 1.165) is 29.9 Å². The Hall–Kier alpha value is -1.77. The molecule has 84 valence electrons. The average molecular weight is 217 g/mol. The van der Waals surface area contributed by atoms with Gasteiger partial charge in [0.1, 0.15) is 5.75 Å². The third kappa shape index (κ3) is 2.08. The van der Waals surface area contributed by atoms with E-state index >= 15 is 0 Å². The fourth-order valence-electron chi connectivity index (χ4n) is 1.99. The van der Waals surface area contributed by atoms with E-state index in [-0.39, 0.29) is 5.91 Å². The van der Waals surface area contributed by atoms with Gasteiger partial charge >= 0.3 is 0 Å². The summed E-state index contributed by atoms with van der Waals surface area (Å²) < 4.78 is 5.31. The molecule has 1 N–H and O–H groups in total. The maximum Gasteiger partial charge on any atom is 0.220 e. The largest absolute Gasteiger partial charge is 0.496 e. The van der Waals surface area contributed by atoms with Crippen LogP contribution in [0.1, 0.15) is 24.5 Å². The monoisotopic (exact) mass is 217 g/mol. The normalized spacial score (nSPS) is 13.8. The van der Waals surface area contributed by atoms with E-state index in [1.54, 1.807) is 7.11 Å². The summed E-state index contributed by atoms with van der Waals surface area (Å²) in [6, 6.07) is 6.03. The number of hydrogen-bond donors (Lipinski definition) is 1. The summed E-state index contributed by atoms with van der Waals surface area (Å²) in [6.07, 6.45) is 3.82. The fraction of sp³-hybridized carbons (Fsp3) is 0.308. The summed E-state index contributed by atoms with van der Waals surface area (Å²) in [5.74, 6) is 0.838. The van der Waals surface area contributed by atoms with Gasteiger partial charge < -0.3 is 10.1 Å². The van der Waals surface area contributed by atoms with E-state index < -0.39 is 0 Å². The lowest BCUT2D eigenvalue weighted by atomic mass is 9.94. The van der Waals surface area contributed by atoms with Crippen molar-refractivity contribution in [2.45, 2.75) is 19.8 Å². The van der Waals surface area contributed by atoms with Crippen molar-refractivity contribution >= 4 is 12.0 Å². The van der Waals surface area contributed by atoms with Crippen LogP contribution in [-0.2, 0) is 11.2 Å². The van der Waals surface area contributed by atoms with Gasteiger partial charge in [-0.05, 0) is 30.5 Å². The molecule has 3 nitrogen and oxygen atoms in total. The highest BCUT2D eigenvalue weighted by Gasteiger charge is 2.14. The molecule has 0 spiro atoms. The number of fused-ring (bicyclic) bond motifs is 1. The number of allylic oxidation sites excluding steroid dienone is 1. The molecule has 1 amide bonds. The molecule has 0 saturated carbocycles. The molecule has 1 aromatic rings. The highest BCUT2D eigenvalue weighted by Crippen LogP contribution is 2.30. The van der Waals surface area contributed by atoms with E-state index in [4.69, 9.17) is 4.74 Å². The lowest BCUT2D eigenvalue weighted by Crippen LogP contribution is -2.21. The molecule has 0 aromatic heterocycles. The van der Waals surface area contributed by atoms with Crippen LogP contribution < -0.4 is 10.1 Å². The minimum atomic E-state index is -0.0235. The zero-order valence-corrected chi connectivity index (χ0v) is 9.54. The van der Waals surface area contributed by atoms with E-state index in [2.05, 4.69) is 11.4 Å². The number of aryl methyl sites for hydroxylation is 1. The van der Waals surface area contributed by atoms with Gasteiger partial charge in [-0.2, -0.15) is 0 Å². The number of ether oxygens (including phenoxy) is 1. The molecule has 2 rings (SSSR count). The van der Waals surface area contributed by atoms with E-state index in [1.807, 2.05) is 18.2 Å². The summed E-state index contributed by atoms with van der Waals surface area (Å²) in [5.41, 5.74) is 3.32. The Labute approximate surface area is 95.1 Å². The van der Waals surface area contributed by atoms with Crippen molar-refractivity contribution in [3.8, 4) is 5.75 Å². The zero-order valence-electron chi connectivity index (χ0n) is 9.54. The number of carbonyl (C=O) groups excluding carboxylic acids is 1. The Morgan fingerprint density at radius 3 is 2.88 bits per heavy atom. The van der Waals surface area contributed by atoms with Crippen molar-refractivity contribution < 1.29 is 9.53 Å². The van der Waals surface area contributed by atoms with Gasteiger partial charge in [0.15, 0.2) is 0 Å². The second-order valence-corrected chi connectivity index (χ2v) is 3.88. The van der Waals surface area contributed by atoms with Gasteiger partial charge in [-0.3, -0.25) is 4.79 Å². The van der Waals surface area contributed by atoms with Crippen molar-refractivity contribution in [2.75, 3.05) is 7.11 Å². The molecule has 1 aromatic carbocycles. The Bertz CT molecular complexity index is 449. The summed E-state index contributed by atoms with van der Waals surface area (Å²) >= 11 is 0. The molecule has 0 atom stereocenters. The van der Waals surface area contributed by atoms with Crippen LogP contribution in [0.4, 0.5) is 0 Å². The third-order valence-corrected chi connectivity index (χ3v) is 2.70. The maximum absolute atomic E-state index is 11.0. The number of hydrogen-bond acceptors (Lipinski definition) is 2. The van der Waals surface area contributed by atoms with Crippen molar-refractivity contribution in [3.63, 3.8) is 0 Å². The van der Waals surface area contributed by atoms with Crippen LogP contribution in [0.25, 0.3) is 6.08 Å². The number of benzene rings is 1. The summed E-state index contributed by atoms with van der Waals surface area (Å²) in [4.78, 5) is 11.0. The predicted molar refractivity (Wildman–Crippen MR) is 63.1 cm³/mol. The van der Waals surface area contributed by atoms with Crippen LogP contribution in [0.5, 0.6) is 5.75 Å². The van der Waals surface area contributed by atoms with Crippen LogP contribution in [0.15, 0.2) is 23.9 Å². The topological polar surface area (TPSA) is 38.3 Å². The molecule has 0 unspecified atom stereocenters. The van der Waals surface area contributed by atoms with Crippen molar-refractivity contribution in [1.29, 1.82) is 0 Å². The van der Waals surface area contributed by atoms with Gasteiger partial charge in [0, 0.05) is 18.2 Å². The molecular weight excluding hydrogens is 202 g/mol. The fourth-order valence-corrected chi connectivity index (χ4v) is 1.99. The molecule has 1 aliphatic rings. The first-order valence-electron chi connectivity index (χ1n) is 5.34. The van der Waals surface area contributed by atoms with Crippen LogP contribution >= 0.6 is 0 Å². The molecule has 0 bridgehead atoms. The number of rotatable bonds is 2. The second-order valence-electron chi connectivity index (χ2n) is 3.88. The molecule has 0 fully saturated rings. The van der Waals surface area contributed by atoms with Gasteiger partial charge in [0.05, 0.1) is 7.11 Å². The van der Waals surface area contributed by atoms with Gasteiger partial charge in [0.2, 0.25) is 5.91 Å². The molecule has 0 radical (unpaired) electrons. The van der Waals surface area contributed by atoms with Crippen LogP contribution in [0, 0.1) is 0 Å². The quantitative estimate of drug-likeness (QED) is 0.824. The van der Waals surface area contributed by atoms with Crippen molar-refractivity contribution in [2.24, 2.45) is 0 Å². The lowest BCUT2D eigenvalue weighted by molar-refractivity contribution is -0.118. The molecule has 1 aliphatic carbocycles. The summed E-state index contributed by atoms with van der Waals surface area (Å²) in [7, 11) is 1.66. The molecular formula is C13H15NO2. The highest BCUT2D eigenvalue weighted by molar-refractivity contribution is 5.77. The number of amides is 1. The first-order chi connectivity index (χ1) is 7.70. The van der Waals surface area contributed by atoms with Crippen LogP contribution in [0.2, 0.25) is 0 Å². The van der Waals surface area contributed by atoms with E-state index in [9.17, 15) is 4.79 Å². The van der Waals surface area contributed by atoms with Crippen molar-refractivity contribution in [3.05, 3.63) is 35.0 Å². The standard InChI is InChI=1S/C13H15NO2/c1-9(15)14-11-7-6-10-4-3-5-13(16-2)12(10)8-11/h3-5,8H,6-7H2,1-2H3,(H,14,15). The molecule has 0 heterocycles. The molecule has 0 saturated heterocycles. The van der Waals surface area contributed by atoms with Crippen LogP contribution in [0.3, 0.4) is 0 Å². The predicted octanol–water partition coefficient (Wildman–Crippen LogP) is 2.12. The Kier molecular flexibility index (Phi) is 2.95. The number of nitrogens with one attached hydrogen (secondary N) is 1. The van der Waals surface area contributed by atoms with Gasteiger partial charge in [-0.25, -0.2) is 0 Å². The minimum absolute atomic E-state index is 0.0235. The third-order valence-electron chi connectivity index (χ3n) is 2.70. The first kappa shape index (κ1) is 10.7. The van der Waals surface area contributed by atoms with E-state index in [1.165, 1.54) is 12.5 Å². The Morgan fingerprint density at radius 1 is 1.38 bits per heavy atom. The zero-order chi connectivity index (χ0) is 11.5. The average Bonchev–Trinajstić information content (AvgIpc) is 2.27. The highest BCUT2D eigenvalue weighted by atomic mass is 16.5. The molecule has 0 aliphatic heterocycles. The smallest absolute Gasteiger partial charge is 0.220 e. The first-order valence-corrected chi connectivity index (χ1v) is 5.34. The van der Waals surface area contributed by atoms with Gasteiger partial charge in [0.25, 0.3) is 0 Å². The maximum atomic E-state index is 11.0. The second kappa shape index (κ2) is 4.39. The molecule has 16 heavy (non-hydrogen) atoms. The number of methoxy groups -OCH3 is 1. The van der Waals surface area contributed by atoms with Gasteiger partial charge in [-0.15, -0.1) is 0 Å². The SMILES string of the molecule is COc1cccc2c1C=C(NC(C)=O)CC2. The molecule has 3 heteroatoms. The van der Waals surface area contributed by atoms with Gasteiger partial charge in [-0.1, -0.05) is 12.1 Å². The van der Waals surface area contributed by atoms with Crippen molar-refractivity contribution in [1.82, 2.24) is 5.32 Å². The van der Waals surface area contributed by atoms with Crippen LogP contribution in [-0.4, -0.2) is 13.0 Å².